The Bertz CT molecular complexity index is 583. The van der Waals surface area contributed by atoms with Gasteiger partial charge in [0.05, 0.1) is 17.9 Å². The maximum atomic E-state index is 13.0. The molecule has 1 saturated carbocycles. The molecule has 0 radical (unpaired) electrons. The largest absolute Gasteiger partial charge is 0.369 e. The molecule has 0 unspecified atom stereocenters. The SMILES string of the molecule is C[C@@H]1Cc2c(C(=O)N(C)C3CCC(C)(C)CC3)n[nH]c2[C@H](C)O1. The molecule has 1 aromatic rings. The highest BCUT2D eigenvalue weighted by Gasteiger charge is 2.34. The van der Waals surface area contributed by atoms with Gasteiger partial charge in [-0.05, 0) is 44.9 Å². The molecule has 5 nitrogen and oxygen atoms in total. The van der Waals surface area contributed by atoms with E-state index in [0.717, 1.165) is 30.5 Å². The molecular formula is C18H29N3O2. The fourth-order valence-electron chi connectivity index (χ4n) is 3.95. The van der Waals surface area contributed by atoms with Gasteiger partial charge < -0.3 is 9.64 Å². The van der Waals surface area contributed by atoms with Gasteiger partial charge in [0.1, 0.15) is 0 Å². The molecule has 2 heterocycles. The lowest BCUT2D eigenvalue weighted by Crippen LogP contribution is -2.41. The van der Waals surface area contributed by atoms with Crippen molar-refractivity contribution < 1.29 is 9.53 Å². The monoisotopic (exact) mass is 319 g/mol. The van der Waals surface area contributed by atoms with Crippen molar-refractivity contribution in [1.29, 1.82) is 0 Å². The third-order valence-electron chi connectivity index (χ3n) is 5.61. The fourth-order valence-corrected chi connectivity index (χ4v) is 3.95. The zero-order valence-electron chi connectivity index (χ0n) is 15.0. The number of rotatable bonds is 2. The van der Waals surface area contributed by atoms with Crippen molar-refractivity contribution in [3.05, 3.63) is 17.0 Å². The number of carbonyl (C=O) groups is 1. The van der Waals surface area contributed by atoms with Crippen LogP contribution in [0.15, 0.2) is 0 Å². The highest BCUT2D eigenvalue weighted by atomic mass is 16.5. The molecule has 128 valence electrons. The summed E-state index contributed by atoms with van der Waals surface area (Å²) in [4.78, 5) is 14.9. The summed E-state index contributed by atoms with van der Waals surface area (Å²) in [7, 11) is 1.93. The van der Waals surface area contributed by atoms with E-state index < -0.39 is 0 Å². The first-order valence-corrected chi connectivity index (χ1v) is 8.78. The van der Waals surface area contributed by atoms with Crippen molar-refractivity contribution in [2.75, 3.05) is 7.05 Å². The molecule has 1 aliphatic carbocycles. The third-order valence-corrected chi connectivity index (χ3v) is 5.61. The van der Waals surface area contributed by atoms with Gasteiger partial charge >= 0.3 is 0 Å². The van der Waals surface area contributed by atoms with Crippen LogP contribution in [0.25, 0.3) is 0 Å². The van der Waals surface area contributed by atoms with Crippen molar-refractivity contribution in [3.8, 4) is 0 Å². The summed E-state index contributed by atoms with van der Waals surface area (Å²) in [6.07, 6.45) is 5.37. The van der Waals surface area contributed by atoms with Gasteiger partial charge in [-0.15, -0.1) is 0 Å². The van der Waals surface area contributed by atoms with E-state index in [-0.39, 0.29) is 18.1 Å². The molecule has 23 heavy (non-hydrogen) atoms. The summed E-state index contributed by atoms with van der Waals surface area (Å²) in [6.45, 7) is 8.69. The summed E-state index contributed by atoms with van der Waals surface area (Å²) in [5.74, 6) is 0.0495. The average Bonchev–Trinajstić information content (AvgIpc) is 2.89. The van der Waals surface area contributed by atoms with Crippen LogP contribution in [-0.2, 0) is 11.2 Å². The summed E-state index contributed by atoms with van der Waals surface area (Å²) < 4.78 is 5.81. The number of hydrogen-bond donors (Lipinski definition) is 1. The summed E-state index contributed by atoms with van der Waals surface area (Å²) in [6, 6.07) is 0.331. The van der Waals surface area contributed by atoms with Crippen molar-refractivity contribution in [2.24, 2.45) is 5.41 Å². The lowest BCUT2D eigenvalue weighted by molar-refractivity contribution is -0.00704. The Labute approximate surface area is 138 Å². The van der Waals surface area contributed by atoms with Crippen LogP contribution in [-0.4, -0.2) is 40.2 Å². The van der Waals surface area contributed by atoms with Crippen molar-refractivity contribution >= 4 is 5.91 Å². The minimum absolute atomic E-state index is 0.0245. The highest BCUT2D eigenvalue weighted by Crippen LogP contribution is 2.37. The third kappa shape index (κ3) is 3.16. The Hall–Kier alpha value is -1.36. The van der Waals surface area contributed by atoms with Gasteiger partial charge in [-0.3, -0.25) is 9.89 Å². The minimum Gasteiger partial charge on any atom is -0.369 e. The van der Waals surface area contributed by atoms with E-state index in [1.807, 2.05) is 25.8 Å². The number of carbonyl (C=O) groups excluding carboxylic acids is 1. The molecule has 1 aromatic heterocycles. The number of hydrogen-bond acceptors (Lipinski definition) is 3. The predicted molar refractivity (Wildman–Crippen MR) is 89.4 cm³/mol. The van der Waals surface area contributed by atoms with Gasteiger partial charge in [0.2, 0.25) is 0 Å². The molecule has 5 heteroatoms. The fraction of sp³-hybridized carbons (Fsp3) is 0.778. The lowest BCUT2D eigenvalue weighted by Gasteiger charge is -2.38. The van der Waals surface area contributed by atoms with Crippen LogP contribution >= 0.6 is 0 Å². The Morgan fingerprint density at radius 3 is 2.61 bits per heavy atom. The van der Waals surface area contributed by atoms with E-state index in [1.165, 1.54) is 12.8 Å². The first-order valence-electron chi connectivity index (χ1n) is 8.78. The first-order chi connectivity index (χ1) is 10.8. The van der Waals surface area contributed by atoms with Gasteiger partial charge in [0.25, 0.3) is 5.91 Å². The van der Waals surface area contributed by atoms with Crippen molar-refractivity contribution in [3.63, 3.8) is 0 Å². The number of H-pyrrole nitrogens is 1. The van der Waals surface area contributed by atoms with Gasteiger partial charge in [0, 0.05) is 25.1 Å². The van der Waals surface area contributed by atoms with Crippen LogP contribution in [0.4, 0.5) is 0 Å². The number of ether oxygens (including phenoxy) is 1. The number of amides is 1. The second-order valence-corrected chi connectivity index (χ2v) is 8.07. The number of aromatic amines is 1. The average molecular weight is 319 g/mol. The maximum Gasteiger partial charge on any atom is 0.274 e. The molecule has 1 aliphatic heterocycles. The Kier molecular flexibility index (Phi) is 4.25. The molecule has 1 amide bonds. The number of fused-ring (bicyclic) bond motifs is 1. The van der Waals surface area contributed by atoms with Gasteiger partial charge in [0.15, 0.2) is 5.69 Å². The zero-order valence-corrected chi connectivity index (χ0v) is 15.0. The molecule has 0 aromatic carbocycles. The molecule has 0 bridgehead atoms. The van der Waals surface area contributed by atoms with Crippen LogP contribution < -0.4 is 0 Å². The topological polar surface area (TPSA) is 58.2 Å². The Morgan fingerprint density at radius 1 is 1.30 bits per heavy atom. The first kappa shape index (κ1) is 16.5. The smallest absolute Gasteiger partial charge is 0.274 e. The summed E-state index contributed by atoms with van der Waals surface area (Å²) >= 11 is 0. The number of aromatic nitrogens is 2. The van der Waals surface area contributed by atoms with Gasteiger partial charge in [-0.2, -0.15) is 5.10 Å². The van der Waals surface area contributed by atoms with Gasteiger partial charge in [-0.25, -0.2) is 0 Å². The molecule has 2 aliphatic rings. The molecule has 1 fully saturated rings. The molecule has 0 spiro atoms. The van der Waals surface area contributed by atoms with E-state index in [2.05, 4.69) is 24.0 Å². The number of nitrogens with zero attached hydrogens (tertiary/aromatic N) is 2. The van der Waals surface area contributed by atoms with Crippen molar-refractivity contribution in [1.82, 2.24) is 15.1 Å². The van der Waals surface area contributed by atoms with Crippen LogP contribution in [0, 0.1) is 5.41 Å². The van der Waals surface area contributed by atoms with Gasteiger partial charge in [-0.1, -0.05) is 13.8 Å². The number of nitrogens with one attached hydrogen (secondary N) is 1. The van der Waals surface area contributed by atoms with E-state index in [1.54, 1.807) is 0 Å². The predicted octanol–water partition coefficient (Wildman–Crippen LogP) is 3.47. The molecule has 2 atom stereocenters. The highest BCUT2D eigenvalue weighted by molar-refractivity contribution is 5.94. The van der Waals surface area contributed by atoms with Crippen LogP contribution in [0.3, 0.4) is 0 Å². The standard InChI is InChI=1S/C18H29N3O2/c1-11-10-14-15(12(2)23-11)19-20-16(14)17(22)21(5)13-6-8-18(3,4)9-7-13/h11-13H,6-10H2,1-5H3,(H,19,20)/t11-,12+/m1/s1. The van der Waals surface area contributed by atoms with Crippen LogP contribution in [0.1, 0.15) is 81.2 Å². The van der Waals surface area contributed by atoms with E-state index in [0.29, 0.717) is 17.2 Å². The summed E-state index contributed by atoms with van der Waals surface area (Å²) in [5, 5.41) is 7.36. The summed E-state index contributed by atoms with van der Waals surface area (Å²) in [5.41, 5.74) is 3.01. The maximum absolute atomic E-state index is 13.0. The molecule has 1 N–H and O–H groups in total. The molecular weight excluding hydrogens is 290 g/mol. The second-order valence-electron chi connectivity index (χ2n) is 8.07. The lowest BCUT2D eigenvalue weighted by atomic mass is 9.75. The zero-order chi connectivity index (χ0) is 16.8. The van der Waals surface area contributed by atoms with Crippen molar-refractivity contribution in [2.45, 2.75) is 78.0 Å². The minimum atomic E-state index is -0.0245. The quantitative estimate of drug-likeness (QED) is 0.908. The Morgan fingerprint density at radius 2 is 1.96 bits per heavy atom. The molecule has 0 saturated heterocycles. The van der Waals surface area contributed by atoms with E-state index in [9.17, 15) is 4.79 Å². The molecule has 3 rings (SSSR count). The van der Waals surface area contributed by atoms with E-state index in [4.69, 9.17) is 4.74 Å². The Balaban J connectivity index is 1.76. The van der Waals surface area contributed by atoms with Crippen LogP contribution in [0.5, 0.6) is 0 Å². The van der Waals surface area contributed by atoms with E-state index >= 15 is 0 Å². The normalized spacial score (nSPS) is 27.5. The van der Waals surface area contributed by atoms with Crippen LogP contribution in [0.2, 0.25) is 0 Å². The second kappa shape index (κ2) is 5.93.